The van der Waals surface area contributed by atoms with Crippen molar-refractivity contribution >= 4 is 50.7 Å². The number of benzene rings is 3. The fourth-order valence-electron chi connectivity index (χ4n) is 3.65. The van der Waals surface area contributed by atoms with Gasteiger partial charge in [-0.3, -0.25) is 13.9 Å². The molecule has 3 aromatic rings. The molecule has 2 amide bonds. The molecular weight excluding hydrogens is 540 g/mol. The number of rotatable bonds is 10. The monoisotopic (exact) mass is 565 g/mol. The summed E-state index contributed by atoms with van der Waals surface area (Å²) in [5.74, 6) is -1.74. The fraction of sp³-hybridized carbons (Fsp3) is 0.231. The molecule has 11 heteroatoms. The Hall–Kier alpha value is -3.14. The van der Waals surface area contributed by atoms with E-state index in [-0.39, 0.29) is 32.7 Å². The van der Waals surface area contributed by atoms with Gasteiger partial charge in [0.15, 0.2) is 0 Å². The molecule has 1 atom stereocenters. The van der Waals surface area contributed by atoms with Crippen LogP contribution in [0.2, 0.25) is 10.0 Å². The number of carbonyl (C=O) groups is 2. The minimum atomic E-state index is -4.26. The number of carbonyl (C=O) groups excluding carboxylic acids is 2. The Bertz CT molecular complexity index is 1350. The van der Waals surface area contributed by atoms with Gasteiger partial charge in [-0.25, -0.2) is 12.8 Å². The van der Waals surface area contributed by atoms with Crippen LogP contribution in [0.1, 0.15) is 19.4 Å². The zero-order chi connectivity index (χ0) is 27.2. The van der Waals surface area contributed by atoms with E-state index in [1.165, 1.54) is 55.5 Å². The fourth-order valence-corrected chi connectivity index (χ4v) is 5.58. The molecule has 0 saturated carbocycles. The summed E-state index contributed by atoms with van der Waals surface area (Å²) < 4.78 is 42.7. The lowest BCUT2D eigenvalue weighted by Crippen LogP contribution is -2.51. The van der Waals surface area contributed by atoms with Gasteiger partial charge in [-0.2, -0.15) is 0 Å². The van der Waals surface area contributed by atoms with E-state index in [9.17, 15) is 22.4 Å². The van der Waals surface area contributed by atoms with E-state index >= 15 is 0 Å². The van der Waals surface area contributed by atoms with Gasteiger partial charge in [0.2, 0.25) is 11.8 Å². The number of halogens is 3. The summed E-state index contributed by atoms with van der Waals surface area (Å²) >= 11 is 12.3. The Labute approximate surface area is 225 Å². The third-order valence-corrected chi connectivity index (χ3v) is 7.79. The largest absolute Gasteiger partial charge is 0.355 e. The number of nitrogens with one attached hydrogen (secondary N) is 1. The van der Waals surface area contributed by atoms with Gasteiger partial charge in [-0.15, -0.1) is 0 Å². The smallest absolute Gasteiger partial charge is 0.264 e. The van der Waals surface area contributed by atoms with Crippen LogP contribution in [0.4, 0.5) is 10.1 Å². The lowest BCUT2D eigenvalue weighted by molar-refractivity contribution is -0.139. The van der Waals surface area contributed by atoms with E-state index in [0.717, 1.165) is 9.21 Å². The summed E-state index contributed by atoms with van der Waals surface area (Å²) in [7, 11) is -4.26. The summed E-state index contributed by atoms with van der Waals surface area (Å²) in [6, 6.07) is 16.6. The molecule has 3 aromatic carbocycles. The maximum atomic E-state index is 14.5. The van der Waals surface area contributed by atoms with Gasteiger partial charge in [-0.1, -0.05) is 59.6 Å². The highest BCUT2D eigenvalue weighted by atomic mass is 35.5. The molecule has 0 bridgehead atoms. The molecule has 0 aliphatic carbocycles. The first-order valence-corrected chi connectivity index (χ1v) is 13.6. The number of likely N-dealkylation sites (N-methyl/N-ethyl adjacent to an activating group) is 1. The van der Waals surface area contributed by atoms with E-state index in [1.54, 1.807) is 31.2 Å². The molecule has 0 heterocycles. The highest BCUT2D eigenvalue weighted by Gasteiger charge is 2.33. The van der Waals surface area contributed by atoms with Gasteiger partial charge in [0.1, 0.15) is 18.4 Å². The van der Waals surface area contributed by atoms with Crippen molar-refractivity contribution in [3.63, 3.8) is 0 Å². The molecule has 3 rings (SSSR count). The van der Waals surface area contributed by atoms with Crippen molar-refractivity contribution in [1.29, 1.82) is 0 Å². The number of anilines is 1. The van der Waals surface area contributed by atoms with Gasteiger partial charge >= 0.3 is 0 Å². The standard InChI is InChI=1S/C26H26Cl2FN3O4S/c1-3-30-26(34)18(2)31(16-19-9-7-8-12-24(19)29)25(33)17-32(22-14-20(27)13-21(28)15-22)37(35,36)23-10-5-4-6-11-23/h4-15,18H,3,16-17H2,1-2H3,(H,30,34)/t18-/m1/s1. The van der Waals surface area contributed by atoms with Crippen LogP contribution in [0.25, 0.3) is 0 Å². The minimum Gasteiger partial charge on any atom is -0.355 e. The number of hydrogen-bond donors (Lipinski definition) is 1. The normalized spacial score (nSPS) is 12.0. The topological polar surface area (TPSA) is 86.8 Å². The Balaban J connectivity index is 2.06. The van der Waals surface area contributed by atoms with Crippen molar-refractivity contribution in [3.8, 4) is 0 Å². The van der Waals surface area contributed by atoms with E-state index in [4.69, 9.17) is 23.2 Å². The van der Waals surface area contributed by atoms with Crippen LogP contribution in [0.15, 0.2) is 77.7 Å². The molecule has 37 heavy (non-hydrogen) atoms. The number of amides is 2. The van der Waals surface area contributed by atoms with Gasteiger partial charge in [0.05, 0.1) is 10.6 Å². The Morgan fingerprint density at radius 3 is 2.16 bits per heavy atom. The molecule has 0 unspecified atom stereocenters. The maximum absolute atomic E-state index is 14.5. The highest BCUT2D eigenvalue weighted by Crippen LogP contribution is 2.30. The van der Waals surface area contributed by atoms with Crippen LogP contribution in [0.3, 0.4) is 0 Å². The average molecular weight is 566 g/mol. The molecule has 0 radical (unpaired) electrons. The predicted molar refractivity (Wildman–Crippen MR) is 143 cm³/mol. The average Bonchev–Trinajstić information content (AvgIpc) is 2.86. The van der Waals surface area contributed by atoms with Gasteiger partial charge in [-0.05, 0) is 50.2 Å². The predicted octanol–water partition coefficient (Wildman–Crippen LogP) is 4.88. The van der Waals surface area contributed by atoms with Crippen LogP contribution in [0.5, 0.6) is 0 Å². The van der Waals surface area contributed by atoms with E-state index < -0.39 is 40.2 Å². The molecule has 0 fully saturated rings. The third kappa shape index (κ3) is 7.00. The second-order valence-electron chi connectivity index (χ2n) is 8.14. The lowest BCUT2D eigenvalue weighted by Gasteiger charge is -2.32. The van der Waals surface area contributed by atoms with Crippen LogP contribution in [0, 0.1) is 5.82 Å². The molecule has 0 saturated heterocycles. The molecule has 0 aliphatic rings. The molecule has 0 aliphatic heterocycles. The molecule has 0 spiro atoms. The summed E-state index contributed by atoms with van der Waals surface area (Å²) in [5.41, 5.74) is 0.237. The highest BCUT2D eigenvalue weighted by molar-refractivity contribution is 7.92. The molecule has 1 N–H and O–H groups in total. The van der Waals surface area contributed by atoms with E-state index in [1.807, 2.05) is 0 Å². The first-order chi connectivity index (χ1) is 17.5. The van der Waals surface area contributed by atoms with Gasteiger partial charge in [0, 0.05) is 28.7 Å². The zero-order valence-electron chi connectivity index (χ0n) is 20.2. The molecule has 7 nitrogen and oxygen atoms in total. The molecule has 196 valence electrons. The van der Waals surface area contributed by atoms with Crippen LogP contribution in [-0.2, 0) is 26.2 Å². The SMILES string of the molecule is CCNC(=O)[C@@H](C)N(Cc1ccccc1F)C(=O)CN(c1cc(Cl)cc(Cl)c1)S(=O)(=O)c1ccccc1. The second kappa shape index (κ2) is 12.4. The number of nitrogens with zero attached hydrogens (tertiary/aromatic N) is 2. The first kappa shape index (κ1) is 28.4. The van der Waals surface area contributed by atoms with Crippen molar-refractivity contribution in [2.75, 3.05) is 17.4 Å². The third-order valence-electron chi connectivity index (χ3n) is 5.56. The van der Waals surface area contributed by atoms with Crippen molar-refractivity contribution < 1.29 is 22.4 Å². The van der Waals surface area contributed by atoms with Gasteiger partial charge < -0.3 is 10.2 Å². The Kier molecular flexibility index (Phi) is 9.53. The van der Waals surface area contributed by atoms with Gasteiger partial charge in [0.25, 0.3) is 10.0 Å². The zero-order valence-corrected chi connectivity index (χ0v) is 22.5. The summed E-state index contributed by atoms with van der Waals surface area (Å²) in [4.78, 5) is 27.4. The van der Waals surface area contributed by atoms with E-state index in [2.05, 4.69) is 5.32 Å². The van der Waals surface area contributed by atoms with Crippen LogP contribution >= 0.6 is 23.2 Å². The quantitative estimate of drug-likeness (QED) is 0.379. The molecular formula is C26H26Cl2FN3O4S. The van der Waals surface area contributed by atoms with E-state index in [0.29, 0.717) is 6.54 Å². The van der Waals surface area contributed by atoms with Crippen LogP contribution in [-0.4, -0.2) is 44.3 Å². The van der Waals surface area contributed by atoms with Crippen molar-refractivity contribution in [2.24, 2.45) is 0 Å². The minimum absolute atomic E-state index is 0.0590. The maximum Gasteiger partial charge on any atom is 0.264 e. The Morgan fingerprint density at radius 1 is 0.973 bits per heavy atom. The molecule has 0 aromatic heterocycles. The summed E-state index contributed by atoms with van der Waals surface area (Å²) in [5, 5.41) is 2.98. The van der Waals surface area contributed by atoms with Crippen molar-refractivity contribution in [2.45, 2.75) is 31.3 Å². The van der Waals surface area contributed by atoms with Crippen molar-refractivity contribution in [3.05, 3.63) is 94.2 Å². The van der Waals surface area contributed by atoms with Crippen molar-refractivity contribution in [1.82, 2.24) is 10.2 Å². The first-order valence-electron chi connectivity index (χ1n) is 11.4. The number of hydrogen-bond acceptors (Lipinski definition) is 4. The van der Waals surface area contributed by atoms with Crippen LogP contribution < -0.4 is 9.62 Å². The summed E-state index contributed by atoms with van der Waals surface area (Å²) in [6.45, 7) is 2.60. The number of sulfonamides is 1. The lowest BCUT2D eigenvalue weighted by atomic mass is 10.1. The second-order valence-corrected chi connectivity index (χ2v) is 10.9. The Morgan fingerprint density at radius 2 is 1.57 bits per heavy atom. The summed E-state index contributed by atoms with van der Waals surface area (Å²) in [6.07, 6.45) is 0.